The van der Waals surface area contributed by atoms with Crippen LogP contribution in [-0.4, -0.2) is 48.1 Å². The SMILES string of the molecule is COCCN1C(=O)c2ccccc2C(C(=O)NCC2(c3ccccc3)CCCC2)C1c1cn(C)c2ccccc12. The van der Waals surface area contributed by atoms with E-state index in [2.05, 4.69) is 52.5 Å². The van der Waals surface area contributed by atoms with E-state index < -0.39 is 12.0 Å². The summed E-state index contributed by atoms with van der Waals surface area (Å²) >= 11 is 0. The lowest BCUT2D eigenvalue weighted by atomic mass is 9.77. The molecular weight excluding hydrogens is 498 g/mol. The number of aromatic nitrogens is 1. The third kappa shape index (κ3) is 4.50. The molecule has 6 nitrogen and oxygen atoms in total. The van der Waals surface area contributed by atoms with Crippen LogP contribution in [0.4, 0.5) is 0 Å². The van der Waals surface area contributed by atoms with Crippen molar-refractivity contribution >= 4 is 22.7 Å². The Labute approximate surface area is 235 Å². The third-order valence-electron chi connectivity index (χ3n) is 9.05. The topological polar surface area (TPSA) is 63.6 Å². The molecule has 40 heavy (non-hydrogen) atoms. The minimum absolute atomic E-state index is 0.0393. The van der Waals surface area contributed by atoms with Gasteiger partial charge in [0.2, 0.25) is 5.91 Å². The van der Waals surface area contributed by atoms with Gasteiger partial charge in [0, 0.05) is 60.9 Å². The molecule has 0 radical (unpaired) electrons. The van der Waals surface area contributed by atoms with Gasteiger partial charge < -0.3 is 19.5 Å². The number of benzene rings is 3. The smallest absolute Gasteiger partial charge is 0.254 e. The van der Waals surface area contributed by atoms with E-state index in [1.54, 1.807) is 7.11 Å². The average Bonchev–Trinajstić information content (AvgIpc) is 3.61. The lowest BCUT2D eigenvalue weighted by Crippen LogP contribution is -2.50. The highest BCUT2D eigenvalue weighted by molar-refractivity contribution is 6.02. The fourth-order valence-corrected chi connectivity index (χ4v) is 7.04. The van der Waals surface area contributed by atoms with E-state index in [-0.39, 0.29) is 17.2 Å². The van der Waals surface area contributed by atoms with Crippen molar-refractivity contribution in [1.82, 2.24) is 14.8 Å². The second kappa shape index (κ2) is 10.9. The standard InChI is InChI=1S/C34H37N3O3/c1-36-22-28(25-14-8-9-17-29(25)36)31-30(26-15-6-7-16-27(26)33(39)37(31)20-21-40-2)32(38)35-23-34(18-10-11-19-34)24-12-4-3-5-13-24/h3-9,12-17,22,30-31H,10-11,18-21,23H2,1-2H3,(H,35,38). The van der Waals surface area contributed by atoms with Crippen molar-refractivity contribution in [2.45, 2.75) is 43.1 Å². The molecule has 0 saturated heterocycles. The van der Waals surface area contributed by atoms with Gasteiger partial charge in [0.15, 0.2) is 0 Å². The van der Waals surface area contributed by atoms with Gasteiger partial charge in [-0.05, 0) is 36.1 Å². The average molecular weight is 536 g/mol. The number of hydrogen-bond donors (Lipinski definition) is 1. The van der Waals surface area contributed by atoms with Crippen molar-refractivity contribution in [2.75, 3.05) is 26.8 Å². The first kappa shape index (κ1) is 26.3. The summed E-state index contributed by atoms with van der Waals surface area (Å²) in [7, 11) is 3.66. The first-order chi connectivity index (χ1) is 19.5. The summed E-state index contributed by atoms with van der Waals surface area (Å²) < 4.78 is 7.52. The van der Waals surface area contributed by atoms with Gasteiger partial charge in [0.05, 0.1) is 18.6 Å². The van der Waals surface area contributed by atoms with Crippen LogP contribution >= 0.6 is 0 Å². The van der Waals surface area contributed by atoms with Gasteiger partial charge >= 0.3 is 0 Å². The molecule has 1 aromatic heterocycles. The molecule has 2 heterocycles. The number of methoxy groups -OCH3 is 1. The van der Waals surface area contributed by atoms with Crippen LogP contribution in [-0.2, 0) is 22.0 Å². The Kier molecular flexibility index (Phi) is 7.20. The van der Waals surface area contributed by atoms with Crippen LogP contribution in [0.1, 0.15) is 64.7 Å². The van der Waals surface area contributed by atoms with Gasteiger partial charge in [0.1, 0.15) is 0 Å². The Balaban J connectivity index is 1.44. The minimum Gasteiger partial charge on any atom is -0.383 e. The summed E-state index contributed by atoms with van der Waals surface area (Å²) in [5, 5.41) is 4.46. The first-order valence-electron chi connectivity index (χ1n) is 14.3. The highest BCUT2D eigenvalue weighted by Crippen LogP contribution is 2.46. The maximum absolute atomic E-state index is 14.5. The molecule has 1 fully saturated rings. The Morgan fingerprint density at radius 1 is 0.950 bits per heavy atom. The summed E-state index contributed by atoms with van der Waals surface area (Å²) in [6.45, 7) is 1.37. The second-order valence-electron chi connectivity index (χ2n) is 11.3. The van der Waals surface area contributed by atoms with Gasteiger partial charge in [0.25, 0.3) is 5.91 Å². The second-order valence-corrected chi connectivity index (χ2v) is 11.3. The van der Waals surface area contributed by atoms with Crippen LogP contribution < -0.4 is 5.32 Å². The monoisotopic (exact) mass is 535 g/mol. The van der Waals surface area contributed by atoms with Gasteiger partial charge in [-0.3, -0.25) is 9.59 Å². The van der Waals surface area contributed by atoms with Gasteiger partial charge in [-0.2, -0.15) is 0 Å². The molecule has 1 saturated carbocycles. The van der Waals surface area contributed by atoms with Crippen molar-refractivity contribution in [3.05, 3.63) is 107 Å². The van der Waals surface area contributed by atoms with E-state index in [9.17, 15) is 9.59 Å². The van der Waals surface area contributed by atoms with Crippen LogP contribution in [0.3, 0.4) is 0 Å². The van der Waals surface area contributed by atoms with E-state index in [1.807, 2.05) is 54.4 Å². The molecule has 3 aromatic carbocycles. The molecule has 0 spiro atoms. The number of carbonyl (C=O) groups excluding carboxylic acids is 2. The van der Waals surface area contributed by atoms with E-state index in [1.165, 1.54) is 5.56 Å². The Morgan fingerprint density at radius 3 is 2.42 bits per heavy atom. The third-order valence-corrected chi connectivity index (χ3v) is 9.05. The molecule has 2 unspecified atom stereocenters. The summed E-state index contributed by atoms with van der Waals surface area (Å²) in [5.74, 6) is -0.653. The van der Waals surface area contributed by atoms with E-state index in [0.29, 0.717) is 25.3 Å². The van der Waals surface area contributed by atoms with Gasteiger partial charge in [-0.1, -0.05) is 79.6 Å². The number of nitrogens with zero attached hydrogens (tertiary/aromatic N) is 2. The number of rotatable bonds is 8. The maximum atomic E-state index is 14.5. The van der Waals surface area contributed by atoms with Crippen molar-refractivity contribution in [1.29, 1.82) is 0 Å². The largest absolute Gasteiger partial charge is 0.383 e. The van der Waals surface area contributed by atoms with Crippen LogP contribution in [0.25, 0.3) is 10.9 Å². The molecule has 2 amide bonds. The van der Waals surface area contributed by atoms with Crippen LogP contribution in [0.15, 0.2) is 85.1 Å². The van der Waals surface area contributed by atoms with Gasteiger partial charge in [-0.25, -0.2) is 0 Å². The fraction of sp³-hybridized carbons (Fsp3) is 0.353. The number of para-hydroxylation sites is 1. The van der Waals surface area contributed by atoms with Crippen LogP contribution in [0.5, 0.6) is 0 Å². The van der Waals surface area contributed by atoms with Crippen molar-refractivity contribution in [3.8, 4) is 0 Å². The summed E-state index contributed by atoms with van der Waals surface area (Å²) in [5.41, 5.74) is 4.66. The first-order valence-corrected chi connectivity index (χ1v) is 14.3. The Bertz CT molecular complexity index is 1520. The van der Waals surface area contributed by atoms with Crippen molar-refractivity contribution < 1.29 is 14.3 Å². The van der Waals surface area contributed by atoms with Crippen LogP contribution in [0, 0.1) is 0 Å². The Morgan fingerprint density at radius 2 is 1.65 bits per heavy atom. The maximum Gasteiger partial charge on any atom is 0.254 e. The summed E-state index contributed by atoms with van der Waals surface area (Å²) in [6, 6.07) is 26.0. The normalized spacial score (nSPS) is 20.1. The highest BCUT2D eigenvalue weighted by atomic mass is 16.5. The predicted molar refractivity (Wildman–Crippen MR) is 157 cm³/mol. The van der Waals surface area contributed by atoms with E-state index >= 15 is 0 Å². The molecule has 1 N–H and O–H groups in total. The number of ether oxygens (including phenoxy) is 1. The molecule has 6 heteroatoms. The lowest BCUT2D eigenvalue weighted by molar-refractivity contribution is -0.124. The molecule has 4 aromatic rings. The molecule has 1 aliphatic heterocycles. The molecule has 0 bridgehead atoms. The number of amides is 2. The molecule has 1 aliphatic carbocycles. The zero-order valence-electron chi connectivity index (χ0n) is 23.3. The number of nitrogens with one attached hydrogen (secondary N) is 1. The zero-order valence-corrected chi connectivity index (χ0v) is 23.3. The predicted octanol–water partition coefficient (Wildman–Crippen LogP) is 5.73. The zero-order chi connectivity index (χ0) is 27.7. The summed E-state index contributed by atoms with van der Waals surface area (Å²) in [4.78, 5) is 30.3. The molecule has 2 atom stereocenters. The number of carbonyl (C=O) groups is 2. The van der Waals surface area contributed by atoms with E-state index in [0.717, 1.165) is 47.7 Å². The lowest BCUT2D eigenvalue weighted by Gasteiger charge is -2.42. The summed E-state index contributed by atoms with van der Waals surface area (Å²) in [6.07, 6.45) is 6.52. The van der Waals surface area contributed by atoms with Crippen molar-refractivity contribution in [2.24, 2.45) is 7.05 Å². The number of aryl methyl sites for hydroxylation is 1. The Hall–Kier alpha value is -3.90. The van der Waals surface area contributed by atoms with E-state index in [4.69, 9.17) is 4.74 Å². The molecular formula is C34H37N3O3. The van der Waals surface area contributed by atoms with Crippen LogP contribution in [0.2, 0.25) is 0 Å². The fourth-order valence-electron chi connectivity index (χ4n) is 7.04. The quantitative estimate of drug-likeness (QED) is 0.313. The molecule has 2 aliphatic rings. The van der Waals surface area contributed by atoms with Gasteiger partial charge in [-0.15, -0.1) is 0 Å². The number of fused-ring (bicyclic) bond motifs is 2. The molecule has 6 rings (SSSR count). The minimum atomic E-state index is -0.550. The molecule has 206 valence electrons. The number of hydrogen-bond acceptors (Lipinski definition) is 3. The van der Waals surface area contributed by atoms with Crippen molar-refractivity contribution in [3.63, 3.8) is 0 Å². The highest BCUT2D eigenvalue weighted by Gasteiger charge is 2.46.